The average Bonchev–Trinajstić information content (AvgIpc) is 2.03. The van der Waals surface area contributed by atoms with E-state index in [1.54, 1.807) is 0 Å². The van der Waals surface area contributed by atoms with E-state index in [4.69, 9.17) is 16.3 Å². The van der Waals surface area contributed by atoms with Crippen LogP contribution < -0.4 is 0 Å². The minimum atomic E-state index is 0.278. The summed E-state index contributed by atoms with van der Waals surface area (Å²) in [5, 5.41) is 0.767. The Morgan fingerprint density at radius 1 is 1.25 bits per heavy atom. The van der Waals surface area contributed by atoms with Gasteiger partial charge >= 0.3 is 0 Å². The maximum absolute atomic E-state index is 5.73. The van der Waals surface area contributed by atoms with Gasteiger partial charge in [-0.25, -0.2) is 0 Å². The van der Waals surface area contributed by atoms with E-state index in [0.29, 0.717) is 6.61 Å². The Kier molecular flexibility index (Phi) is 3.57. The molecule has 0 amide bonds. The molecule has 12 heavy (non-hydrogen) atoms. The van der Waals surface area contributed by atoms with Crippen LogP contribution in [0.2, 0.25) is 5.02 Å². The van der Waals surface area contributed by atoms with Crippen LogP contribution in [0, 0.1) is 0 Å². The number of hydrogen-bond donors (Lipinski definition) is 0. The Bertz CT molecular complexity index is 228. The van der Waals surface area contributed by atoms with Crippen LogP contribution in [0.1, 0.15) is 19.4 Å². The van der Waals surface area contributed by atoms with E-state index < -0.39 is 0 Å². The van der Waals surface area contributed by atoms with Crippen molar-refractivity contribution in [3.8, 4) is 0 Å². The lowest BCUT2D eigenvalue weighted by Gasteiger charge is -2.06. The van der Waals surface area contributed by atoms with E-state index in [1.807, 2.05) is 38.1 Å². The van der Waals surface area contributed by atoms with Gasteiger partial charge in [0.1, 0.15) is 0 Å². The molecule has 0 aliphatic heterocycles. The van der Waals surface area contributed by atoms with Gasteiger partial charge in [0, 0.05) is 5.02 Å². The molecule has 0 unspecified atom stereocenters. The molecule has 66 valence electrons. The van der Waals surface area contributed by atoms with Gasteiger partial charge in [0.05, 0.1) is 12.7 Å². The van der Waals surface area contributed by atoms with Crippen LogP contribution in [0.25, 0.3) is 0 Å². The molecule has 0 aliphatic rings. The lowest BCUT2D eigenvalue weighted by atomic mass is 10.2. The summed E-state index contributed by atoms with van der Waals surface area (Å²) >= 11 is 5.73. The zero-order valence-electron chi connectivity index (χ0n) is 7.38. The van der Waals surface area contributed by atoms with Crippen LogP contribution in [-0.4, -0.2) is 6.10 Å². The van der Waals surface area contributed by atoms with Crippen LogP contribution in [-0.2, 0) is 11.3 Å². The monoisotopic (exact) mass is 184 g/mol. The fourth-order valence-corrected chi connectivity index (χ4v) is 0.970. The van der Waals surface area contributed by atoms with E-state index in [0.717, 1.165) is 10.6 Å². The number of hydrogen-bond acceptors (Lipinski definition) is 1. The standard InChI is InChI=1S/C10H13ClO/c1-8(2)12-7-9-3-5-10(11)6-4-9/h3-6,8H,7H2,1-2H3. The Morgan fingerprint density at radius 2 is 1.83 bits per heavy atom. The first-order valence-corrected chi connectivity index (χ1v) is 4.42. The Labute approximate surface area is 78.3 Å². The molecule has 0 radical (unpaired) electrons. The highest BCUT2D eigenvalue weighted by atomic mass is 35.5. The fourth-order valence-electron chi connectivity index (χ4n) is 0.844. The van der Waals surface area contributed by atoms with Crippen molar-refractivity contribution in [3.05, 3.63) is 34.9 Å². The van der Waals surface area contributed by atoms with Gasteiger partial charge < -0.3 is 4.74 Å². The van der Waals surface area contributed by atoms with E-state index in [2.05, 4.69) is 0 Å². The minimum Gasteiger partial charge on any atom is -0.374 e. The van der Waals surface area contributed by atoms with E-state index in [1.165, 1.54) is 0 Å². The third-order valence-electron chi connectivity index (χ3n) is 1.50. The van der Waals surface area contributed by atoms with Gasteiger partial charge in [-0.1, -0.05) is 23.7 Å². The maximum Gasteiger partial charge on any atom is 0.0720 e. The van der Waals surface area contributed by atoms with Crippen molar-refractivity contribution >= 4 is 11.6 Å². The Hall–Kier alpha value is -0.530. The fraction of sp³-hybridized carbons (Fsp3) is 0.400. The third kappa shape index (κ3) is 3.24. The van der Waals surface area contributed by atoms with E-state index in [-0.39, 0.29) is 6.10 Å². The molecule has 1 nitrogen and oxygen atoms in total. The highest BCUT2D eigenvalue weighted by Crippen LogP contribution is 2.10. The topological polar surface area (TPSA) is 9.23 Å². The smallest absolute Gasteiger partial charge is 0.0720 e. The second-order valence-corrected chi connectivity index (χ2v) is 3.42. The van der Waals surface area contributed by atoms with Crippen molar-refractivity contribution in [1.82, 2.24) is 0 Å². The molecule has 0 heterocycles. The first-order chi connectivity index (χ1) is 5.68. The molecule has 1 rings (SSSR count). The summed E-state index contributed by atoms with van der Waals surface area (Å²) in [6.45, 7) is 4.71. The predicted octanol–water partition coefficient (Wildman–Crippen LogP) is 3.27. The zero-order valence-corrected chi connectivity index (χ0v) is 8.14. The second-order valence-electron chi connectivity index (χ2n) is 2.99. The summed E-state index contributed by atoms with van der Waals surface area (Å²) in [6.07, 6.45) is 0.278. The molecule has 0 aromatic heterocycles. The summed E-state index contributed by atoms with van der Waals surface area (Å²) in [7, 11) is 0. The third-order valence-corrected chi connectivity index (χ3v) is 1.75. The first-order valence-electron chi connectivity index (χ1n) is 4.04. The number of benzene rings is 1. The first kappa shape index (κ1) is 9.56. The van der Waals surface area contributed by atoms with Crippen molar-refractivity contribution in [2.75, 3.05) is 0 Å². The molecule has 0 aliphatic carbocycles. The van der Waals surface area contributed by atoms with Crippen LogP contribution in [0.5, 0.6) is 0 Å². The van der Waals surface area contributed by atoms with Gasteiger partial charge in [-0.15, -0.1) is 0 Å². The van der Waals surface area contributed by atoms with Gasteiger partial charge in [-0.3, -0.25) is 0 Å². The summed E-state index contributed by atoms with van der Waals surface area (Å²) in [5.41, 5.74) is 1.16. The normalized spacial score (nSPS) is 10.7. The quantitative estimate of drug-likeness (QED) is 0.701. The van der Waals surface area contributed by atoms with E-state index in [9.17, 15) is 0 Å². The number of halogens is 1. The second kappa shape index (κ2) is 4.48. The van der Waals surface area contributed by atoms with Crippen LogP contribution in [0.15, 0.2) is 24.3 Å². The molecular weight excluding hydrogens is 172 g/mol. The minimum absolute atomic E-state index is 0.278. The van der Waals surface area contributed by atoms with Gasteiger partial charge in [-0.05, 0) is 31.5 Å². The molecular formula is C10H13ClO. The summed E-state index contributed by atoms with van der Waals surface area (Å²) in [5.74, 6) is 0. The van der Waals surface area contributed by atoms with Crippen molar-refractivity contribution in [2.24, 2.45) is 0 Å². The molecule has 1 aromatic rings. The molecule has 0 saturated carbocycles. The highest BCUT2D eigenvalue weighted by Gasteiger charge is 1.95. The lowest BCUT2D eigenvalue weighted by Crippen LogP contribution is -2.01. The molecule has 0 atom stereocenters. The lowest BCUT2D eigenvalue weighted by molar-refractivity contribution is 0.0657. The Balaban J connectivity index is 2.48. The molecule has 0 fully saturated rings. The molecule has 2 heteroatoms. The van der Waals surface area contributed by atoms with Gasteiger partial charge in [0.25, 0.3) is 0 Å². The molecule has 1 aromatic carbocycles. The van der Waals surface area contributed by atoms with Crippen LogP contribution in [0.3, 0.4) is 0 Å². The SMILES string of the molecule is CC(C)OCc1ccc(Cl)cc1. The van der Waals surface area contributed by atoms with Crippen LogP contribution >= 0.6 is 11.6 Å². The average molecular weight is 185 g/mol. The van der Waals surface area contributed by atoms with Gasteiger partial charge in [0.2, 0.25) is 0 Å². The summed E-state index contributed by atoms with van der Waals surface area (Å²) in [4.78, 5) is 0. The number of ether oxygens (including phenoxy) is 1. The predicted molar refractivity (Wildman–Crippen MR) is 51.4 cm³/mol. The van der Waals surface area contributed by atoms with Gasteiger partial charge in [0.15, 0.2) is 0 Å². The van der Waals surface area contributed by atoms with Crippen molar-refractivity contribution in [1.29, 1.82) is 0 Å². The maximum atomic E-state index is 5.73. The summed E-state index contributed by atoms with van der Waals surface area (Å²) < 4.78 is 5.42. The van der Waals surface area contributed by atoms with Gasteiger partial charge in [-0.2, -0.15) is 0 Å². The van der Waals surface area contributed by atoms with E-state index >= 15 is 0 Å². The van der Waals surface area contributed by atoms with Crippen molar-refractivity contribution in [3.63, 3.8) is 0 Å². The molecule has 0 saturated heterocycles. The van der Waals surface area contributed by atoms with Crippen molar-refractivity contribution < 1.29 is 4.74 Å². The molecule has 0 spiro atoms. The number of rotatable bonds is 3. The Morgan fingerprint density at radius 3 is 2.33 bits per heavy atom. The zero-order chi connectivity index (χ0) is 8.97. The van der Waals surface area contributed by atoms with Crippen LogP contribution in [0.4, 0.5) is 0 Å². The largest absolute Gasteiger partial charge is 0.374 e. The van der Waals surface area contributed by atoms with Crippen molar-refractivity contribution in [2.45, 2.75) is 26.6 Å². The molecule has 0 N–H and O–H groups in total. The summed E-state index contributed by atoms with van der Waals surface area (Å²) in [6, 6.07) is 7.70. The highest BCUT2D eigenvalue weighted by molar-refractivity contribution is 6.30. The molecule has 0 bridgehead atoms.